The number of hydrogen-bond donors (Lipinski definition) is 2. The first-order valence-corrected chi connectivity index (χ1v) is 8.68. The Morgan fingerprint density at radius 2 is 1.89 bits per heavy atom. The van der Waals surface area contributed by atoms with E-state index in [9.17, 15) is 8.42 Å². The van der Waals surface area contributed by atoms with Crippen LogP contribution in [0.25, 0.3) is 0 Å². The predicted octanol–water partition coefficient (Wildman–Crippen LogP) is 1.63. The van der Waals surface area contributed by atoms with Crippen molar-refractivity contribution in [2.75, 3.05) is 13.1 Å². The summed E-state index contributed by atoms with van der Waals surface area (Å²) < 4.78 is 27.1. The highest BCUT2D eigenvalue weighted by atomic mass is 32.2. The van der Waals surface area contributed by atoms with Crippen LogP contribution in [-0.4, -0.2) is 32.8 Å². The first kappa shape index (κ1) is 14.3. The Labute approximate surface area is 111 Å². The molecule has 4 nitrogen and oxygen atoms in total. The van der Waals surface area contributed by atoms with Crippen LogP contribution < -0.4 is 10.0 Å². The van der Waals surface area contributed by atoms with Crippen LogP contribution in [0, 0.1) is 5.41 Å². The summed E-state index contributed by atoms with van der Waals surface area (Å²) in [6.45, 7) is 5.96. The normalized spacial score (nSPS) is 29.6. The molecular weight excluding hydrogens is 248 g/mol. The minimum Gasteiger partial charge on any atom is -0.312 e. The predicted molar refractivity (Wildman–Crippen MR) is 74.0 cm³/mol. The molecule has 1 unspecified atom stereocenters. The fourth-order valence-electron chi connectivity index (χ4n) is 3.14. The Morgan fingerprint density at radius 1 is 1.22 bits per heavy atom. The van der Waals surface area contributed by atoms with Crippen molar-refractivity contribution in [1.29, 1.82) is 0 Å². The quantitative estimate of drug-likeness (QED) is 0.819. The molecule has 1 saturated heterocycles. The Balaban J connectivity index is 1.90. The van der Waals surface area contributed by atoms with Crippen molar-refractivity contribution in [2.45, 2.75) is 63.7 Å². The molecular formula is C13H26N2O2S. The van der Waals surface area contributed by atoms with E-state index in [1.165, 1.54) is 6.42 Å². The average molecular weight is 274 g/mol. The molecule has 2 N–H and O–H groups in total. The SMILES string of the molecule is CC1(C)CCCNC1CNS(=O)(=O)C1CCCC1. The molecule has 0 bridgehead atoms. The summed E-state index contributed by atoms with van der Waals surface area (Å²) in [5.41, 5.74) is 0.177. The van der Waals surface area contributed by atoms with Crippen molar-refractivity contribution in [2.24, 2.45) is 5.41 Å². The molecule has 0 aromatic carbocycles. The van der Waals surface area contributed by atoms with Crippen molar-refractivity contribution < 1.29 is 8.42 Å². The van der Waals surface area contributed by atoms with E-state index in [4.69, 9.17) is 0 Å². The van der Waals surface area contributed by atoms with Gasteiger partial charge in [-0.25, -0.2) is 13.1 Å². The van der Waals surface area contributed by atoms with Crippen LogP contribution >= 0.6 is 0 Å². The fraction of sp³-hybridized carbons (Fsp3) is 1.00. The van der Waals surface area contributed by atoms with Gasteiger partial charge < -0.3 is 5.32 Å². The number of nitrogens with one attached hydrogen (secondary N) is 2. The first-order valence-electron chi connectivity index (χ1n) is 7.14. The molecule has 2 rings (SSSR count). The van der Waals surface area contributed by atoms with Gasteiger partial charge in [-0.3, -0.25) is 0 Å². The highest BCUT2D eigenvalue weighted by Gasteiger charge is 2.34. The molecule has 2 fully saturated rings. The molecule has 5 heteroatoms. The standard InChI is InChI=1S/C13H26N2O2S/c1-13(2)8-5-9-14-12(13)10-15-18(16,17)11-6-3-4-7-11/h11-12,14-15H,3-10H2,1-2H3. The maximum absolute atomic E-state index is 12.1. The third-order valence-corrected chi connectivity index (χ3v) is 6.48. The lowest BCUT2D eigenvalue weighted by molar-refractivity contribution is 0.181. The molecule has 0 radical (unpaired) electrons. The molecule has 106 valence electrons. The van der Waals surface area contributed by atoms with Crippen molar-refractivity contribution in [3.05, 3.63) is 0 Å². The summed E-state index contributed by atoms with van der Waals surface area (Å²) in [4.78, 5) is 0. The van der Waals surface area contributed by atoms with Gasteiger partial charge in [-0.05, 0) is 37.6 Å². The number of hydrogen-bond acceptors (Lipinski definition) is 3. The van der Waals surface area contributed by atoms with Crippen LogP contribution in [-0.2, 0) is 10.0 Å². The van der Waals surface area contributed by atoms with E-state index in [1.54, 1.807) is 0 Å². The second-order valence-electron chi connectivity index (χ2n) is 6.40. The number of sulfonamides is 1. The molecule has 2 aliphatic rings. The molecule has 18 heavy (non-hydrogen) atoms. The van der Waals surface area contributed by atoms with Crippen LogP contribution in [0.15, 0.2) is 0 Å². The van der Waals surface area contributed by atoms with E-state index in [1.807, 2.05) is 0 Å². The lowest BCUT2D eigenvalue weighted by atomic mass is 9.78. The van der Waals surface area contributed by atoms with E-state index in [-0.39, 0.29) is 16.7 Å². The van der Waals surface area contributed by atoms with Gasteiger partial charge in [0.05, 0.1) is 5.25 Å². The number of piperidine rings is 1. The van der Waals surface area contributed by atoms with Crippen LogP contribution in [0.5, 0.6) is 0 Å². The highest BCUT2D eigenvalue weighted by Crippen LogP contribution is 2.30. The zero-order chi connectivity index (χ0) is 13.2. The Morgan fingerprint density at radius 3 is 2.50 bits per heavy atom. The van der Waals surface area contributed by atoms with Gasteiger partial charge in [0, 0.05) is 12.6 Å². The van der Waals surface area contributed by atoms with Gasteiger partial charge in [0.1, 0.15) is 0 Å². The second-order valence-corrected chi connectivity index (χ2v) is 8.44. The Kier molecular flexibility index (Phi) is 4.34. The smallest absolute Gasteiger partial charge is 0.214 e. The molecule has 1 atom stereocenters. The zero-order valence-corrected chi connectivity index (χ0v) is 12.4. The lowest BCUT2D eigenvalue weighted by Gasteiger charge is -2.39. The summed E-state index contributed by atoms with van der Waals surface area (Å²) >= 11 is 0. The summed E-state index contributed by atoms with van der Waals surface area (Å²) in [6.07, 6.45) is 6.11. The van der Waals surface area contributed by atoms with Gasteiger partial charge in [0.2, 0.25) is 10.0 Å². The minimum absolute atomic E-state index is 0.149. The van der Waals surface area contributed by atoms with Gasteiger partial charge in [-0.15, -0.1) is 0 Å². The van der Waals surface area contributed by atoms with Crippen LogP contribution in [0.4, 0.5) is 0 Å². The molecule has 0 spiro atoms. The van der Waals surface area contributed by atoms with Crippen LogP contribution in [0.3, 0.4) is 0 Å². The largest absolute Gasteiger partial charge is 0.312 e. The van der Waals surface area contributed by atoms with Gasteiger partial charge in [0.25, 0.3) is 0 Å². The van der Waals surface area contributed by atoms with Crippen molar-refractivity contribution in [1.82, 2.24) is 10.0 Å². The first-order chi connectivity index (χ1) is 8.42. The Bertz CT molecular complexity index is 372. The third kappa shape index (κ3) is 3.25. The maximum Gasteiger partial charge on any atom is 0.214 e. The molecule has 0 aromatic rings. The molecule has 1 heterocycles. The van der Waals surface area contributed by atoms with E-state index >= 15 is 0 Å². The van der Waals surface area contributed by atoms with Gasteiger partial charge >= 0.3 is 0 Å². The monoisotopic (exact) mass is 274 g/mol. The lowest BCUT2D eigenvalue weighted by Crippen LogP contribution is -2.53. The van der Waals surface area contributed by atoms with Crippen LogP contribution in [0.1, 0.15) is 52.4 Å². The molecule has 1 aliphatic carbocycles. The van der Waals surface area contributed by atoms with E-state index in [2.05, 4.69) is 23.9 Å². The van der Waals surface area contributed by atoms with Crippen molar-refractivity contribution >= 4 is 10.0 Å². The summed E-state index contributed by atoms with van der Waals surface area (Å²) in [7, 11) is -3.10. The van der Waals surface area contributed by atoms with Crippen molar-refractivity contribution in [3.8, 4) is 0 Å². The second kappa shape index (κ2) is 5.47. The topological polar surface area (TPSA) is 58.2 Å². The summed E-state index contributed by atoms with van der Waals surface area (Å²) in [6, 6.07) is 0.252. The van der Waals surface area contributed by atoms with E-state index in [0.29, 0.717) is 6.54 Å². The van der Waals surface area contributed by atoms with E-state index < -0.39 is 10.0 Å². The van der Waals surface area contributed by atoms with Crippen LogP contribution in [0.2, 0.25) is 0 Å². The summed E-state index contributed by atoms with van der Waals surface area (Å²) in [5, 5.41) is 3.30. The van der Waals surface area contributed by atoms with Gasteiger partial charge in [-0.1, -0.05) is 26.7 Å². The van der Waals surface area contributed by atoms with Gasteiger partial charge in [0.15, 0.2) is 0 Å². The maximum atomic E-state index is 12.1. The molecule has 0 aromatic heterocycles. The third-order valence-electron chi connectivity index (χ3n) is 4.56. The fourth-order valence-corrected chi connectivity index (χ4v) is 4.72. The minimum atomic E-state index is -3.10. The van der Waals surface area contributed by atoms with Gasteiger partial charge in [-0.2, -0.15) is 0 Å². The van der Waals surface area contributed by atoms with Crippen molar-refractivity contribution in [3.63, 3.8) is 0 Å². The highest BCUT2D eigenvalue weighted by molar-refractivity contribution is 7.90. The summed E-state index contributed by atoms with van der Waals surface area (Å²) in [5.74, 6) is 0. The number of rotatable bonds is 4. The molecule has 1 saturated carbocycles. The molecule has 1 aliphatic heterocycles. The van der Waals surface area contributed by atoms with E-state index in [0.717, 1.165) is 38.6 Å². The average Bonchev–Trinajstić information content (AvgIpc) is 2.81. The zero-order valence-electron chi connectivity index (χ0n) is 11.5. The molecule has 0 amide bonds. The Hall–Kier alpha value is -0.130.